The summed E-state index contributed by atoms with van der Waals surface area (Å²) in [6.45, 7) is 0. The minimum atomic E-state index is -0.155. The molecule has 1 aliphatic rings. The highest BCUT2D eigenvalue weighted by Gasteiger charge is 2.28. The third kappa shape index (κ3) is 4.22. The molecule has 1 N–H and O–H groups in total. The van der Waals surface area contributed by atoms with Gasteiger partial charge in [-0.15, -0.1) is 0 Å². The van der Waals surface area contributed by atoms with Crippen molar-refractivity contribution in [3.8, 4) is 22.8 Å². The van der Waals surface area contributed by atoms with Gasteiger partial charge in [-0.1, -0.05) is 28.9 Å². The Balaban J connectivity index is 1.39. The molecule has 8 nitrogen and oxygen atoms in total. The maximum Gasteiger partial charge on any atom is 0.244 e. The summed E-state index contributed by atoms with van der Waals surface area (Å²) >= 11 is 6.09. The van der Waals surface area contributed by atoms with Gasteiger partial charge in [0.15, 0.2) is 5.82 Å². The van der Waals surface area contributed by atoms with Gasteiger partial charge < -0.3 is 4.52 Å². The van der Waals surface area contributed by atoms with E-state index in [4.69, 9.17) is 21.1 Å². The van der Waals surface area contributed by atoms with Crippen LogP contribution in [0.15, 0.2) is 47.2 Å². The van der Waals surface area contributed by atoms with Gasteiger partial charge in [-0.2, -0.15) is 10.1 Å². The molecule has 1 aromatic carbocycles. The minimum Gasteiger partial charge on any atom is -0.337 e. The van der Waals surface area contributed by atoms with Gasteiger partial charge in [-0.3, -0.25) is 15.0 Å². The first kappa shape index (κ1) is 19.8. The molecule has 4 aromatic rings. The summed E-state index contributed by atoms with van der Waals surface area (Å²) in [5.74, 6) is 3.04. The Morgan fingerprint density at radius 3 is 2.84 bits per heavy atom. The van der Waals surface area contributed by atoms with E-state index in [1.165, 1.54) is 18.4 Å². The predicted octanol–water partition coefficient (Wildman–Crippen LogP) is 4.29. The molecule has 3 aromatic heterocycles. The lowest BCUT2D eigenvalue weighted by molar-refractivity contribution is 0.226. The van der Waals surface area contributed by atoms with E-state index in [-0.39, 0.29) is 6.04 Å². The zero-order chi connectivity index (χ0) is 21.4. The number of benzene rings is 1. The van der Waals surface area contributed by atoms with Gasteiger partial charge in [0.05, 0.1) is 6.04 Å². The molecule has 3 heterocycles. The van der Waals surface area contributed by atoms with Gasteiger partial charge in [0.2, 0.25) is 11.7 Å². The average molecular weight is 436 g/mol. The molecular weight excluding hydrogens is 414 g/mol. The lowest BCUT2D eigenvalue weighted by Crippen LogP contribution is -2.23. The normalized spacial score (nSPS) is 14.8. The molecule has 0 unspecified atom stereocenters. The van der Waals surface area contributed by atoms with Crippen LogP contribution in [-0.2, 0) is 6.42 Å². The quantitative estimate of drug-likeness (QED) is 0.462. The zero-order valence-corrected chi connectivity index (χ0v) is 18.0. The molecule has 1 atom stereocenters. The number of pyridine rings is 1. The van der Waals surface area contributed by atoms with E-state index in [1.807, 2.05) is 55.7 Å². The van der Waals surface area contributed by atoms with Crippen LogP contribution in [0, 0.1) is 0 Å². The molecule has 0 bridgehead atoms. The van der Waals surface area contributed by atoms with Crippen molar-refractivity contribution in [2.75, 3.05) is 14.1 Å². The number of H-pyrrole nitrogens is 1. The van der Waals surface area contributed by atoms with E-state index in [0.717, 1.165) is 17.0 Å². The van der Waals surface area contributed by atoms with Crippen molar-refractivity contribution in [3.05, 3.63) is 65.0 Å². The standard InChI is InChI=1S/C22H22ClN7O/c1-30(2)18(22-26-20(29-31-22)14-4-3-5-15(23)10-14)11-19-25-21(28-27-19)17-12-24-9-8-16(17)13-6-7-13/h3-5,8-10,12-13,18H,6-7,11H2,1-2H3,(H,25,27,28)/t18-/m0/s1. The Bertz CT molecular complexity index is 1200. The summed E-state index contributed by atoms with van der Waals surface area (Å²) in [5.41, 5.74) is 3.08. The van der Waals surface area contributed by atoms with Crippen LogP contribution >= 0.6 is 11.6 Å². The second kappa shape index (κ2) is 8.20. The molecule has 0 amide bonds. The number of halogens is 1. The predicted molar refractivity (Wildman–Crippen MR) is 116 cm³/mol. The summed E-state index contributed by atoms with van der Waals surface area (Å²) in [6.07, 6.45) is 6.65. The van der Waals surface area contributed by atoms with Crippen molar-refractivity contribution in [2.24, 2.45) is 0 Å². The first-order valence-electron chi connectivity index (χ1n) is 10.2. The van der Waals surface area contributed by atoms with Crippen LogP contribution in [0.2, 0.25) is 5.02 Å². The van der Waals surface area contributed by atoms with Crippen LogP contribution in [0.25, 0.3) is 22.8 Å². The summed E-state index contributed by atoms with van der Waals surface area (Å²) < 4.78 is 5.59. The van der Waals surface area contributed by atoms with Crippen molar-refractivity contribution in [2.45, 2.75) is 31.2 Å². The summed E-state index contributed by atoms with van der Waals surface area (Å²) in [7, 11) is 3.94. The third-order valence-corrected chi connectivity index (χ3v) is 5.70. The second-order valence-corrected chi connectivity index (χ2v) is 8.43. The number of hydrogen-bond acceptors (Lipinski definition) is 7. The number of likely N-dealkylation sites (N-methyl/N-ethyl adjacent to an activating group) is 1. The van der Waals surface area contributed by atoms with Gasteiger partial charge in [0, 0.05) is 35.0 Å². The fourth-order valence-electron chi connectivity index (χ4n) is 3.64. The van der Waals surface area contributed by atoms with Crippen molar-refractivity contribution >= 4 is 11.6 Å². The molecule has 0 radical (unpaired) electrons. The Hall–Kier alpha value is -3.10. The highest BCUT2D eigenvalue weighted by molar-refractivity contribution is 6.30. The summed E-state index contributed by atoms with van der Waals surface area (Å²) in [4.78, 5) is 15.6. The first-order valence-corrected chi connectivity index (χ1v) is 10.6. The fourth-order valence-corrected chi connectivity index (χ4v) is 3.83. The number of hydrogen-bond donors (Lipinski definition) is 1. The minimum absolute atomic E-state index is 0.155. The maximum absolute atomic E-state index is 6.09. The number of nitrogens with zero attached hydrogens (tertiary/aromatic N) is 6. The van der Waals surface area contributed by atoms with Crippen LogP contribution in [0.1, 0.15) is 42.1 Å². The van der Waals surface area contributed by atoms with Gasteiger partial charge in [0.1, 0.15) is 5.82 Å². The Morgan fingerprint density at radius 1 is 1.19 bits per heavy atom. The summed E-state index contributed by atoms with van der Waals surface area (Å²) in [5, 5.41) is 12.3. The molecule has 1 saturated carbocycles. The number of rotatable bonds is 7. The van der Waals surface area contributed by atoms with Crippen molar-refractivity contribution in [1.29, 1.82) is 0 Å². The molecule has 1 fully saturated rings. The van der Waals surface area contributed by atoms with Crippen molar-refractivity contribution < 1.29 is 4.52 Å². The molecule has 5 rings (SSSR count). The molecule has 1 aliphatic carbocycles. The zero-order valence-electron chi connectivity index (χ0n) is 17.3. The number of aromatic amines is 1. The largest absolute Gasteiger partial charge is 0.337 e. The van der Waals surface area contributed by atoms with E-state index in [2.05, 4.69) is 31.4 Å². The Morgan fingerprint density at radius 2 is 2.06 bits per heavy atom. The molecule has 0 spiro atoms. The van der Waals surface area contributed by atoms with Crippen LogP contribution in [0.4, 0.5) is 0 Å². The molecular formula is C22H22ClN7O. The third-order valence-electron chi connectivity index (χ3n) is 5.46. The number of aromatic nitrogens is 6. The van der Waals surface area contributed by atoms with Gasteiger partial charge in [-0.25, -0.2) is 4.98 Å². The lowest BCUT2D eigenvalue weighted by atomic mass is 10.1. The molecule has 0 aliphatic heterocycles. The van der Waals surface area contributed by atoms with E-state index in [0.29, 0.717) is 34.9 Å². The number of nitrogens with one attached hydrogen (secondary N) is 1. The fraction of sp³-hybridized carbons (Fsp3) is 0.318. The SMILES string of the molecule is CN(C)[C@@H](Cc1nc(-c2cnccc2C2CC2)n[nH]1)c1nc(-c2cccc(Cl)c2)no1. The second-order valence-electron chi connectivity index (χ2n) is 7.99. The van der Waals surface area contributed by atoms with Crippen LogP contribution < -0.4 is 0 Å². The Labute approximate surface area is 184 Å². The average Bonchev–Trinajstić information content (AvgIpc) is 3.31. The van der Waals surface area contributed by atoms with Gasteiger partial charge >= 0.3 is 0 Å². The van der Waals surface area contributed by atoms with Crippen molar-refractivity contribution in [1.82, 2.24) is 35.2 Å². The highest BCUT2D eigenvalue weighted by Crippen LogP contribution is 2.43. The Kier molecular flexibility index (Phi) is 5.25. The van der Waals surface area contributed by atoms with Gasteiger partial charge in [0.25, 0.3) is 0 Å². The topological polar surface area (TPSA) is 96.6 Å². The lowest BCUT2D eigenvalue weighted by Gasteiger charge is -2.19. The van der Waals surface area contributed by atoms with E-state index in [9.17, 15) is 0 Å². The molecule has 158 valence electrons. The first-order chi connectivity index (χ1) is 15.1. The smallest absolute Gasteiger partial charge is 0.244 e. The van der Waals surface area contributed by atoms with E-state index in [1.54, 1.807) is 0 Å². The monoisotopic (exact) mass is 435 g/mol. The molecule has 9 heteroatoms. The van der Waals surface area contributed by atoms with E-state index >= 15 is 0 Å². The van der Waals surface area contributed by atoms with Crippen molar-refractivity contribution in [3.63, 3.8) is 0 Å². The van der Waals surface area contributed by atoms with Crippen LogP contribution in [-0.4, -0.2) is 49.3 Å². The molecule has 0 saturated heterocycles. The van der Waals surface area contributed by atoms with Gasteiger partial charge in [-0.05, 0) is 56.6 Å². The maximum atomic E-state index is 6.09. The van der Waals surface area contributed by atoms with Crippen LogP contribution in [0.5, 0.6) is 0 Å². The summed E-state index contributed by atoms with van der Waals surface area (Å²) in [6, 6.07) is 9.31. The highest BCUT2D eigenvalue weighted by atomic mass is 35.5. The van der Waals surface area contributed by atoms with E-state index < -0.39 is 0 Å². The molecule has 31 heavy (non-hydrogen) atoms. The van der Waals surface area contributed by atoms with Crippen LogP contribution in [0.3, 0.4) is 0 Å².